The highest BCUT2D eigenvalue weighted by Crippen LogP contribution is 2.42. The van der Waals surface area contributed by atoms with Crippen LogP contribution in [0, 0.1) is 6.92 Å². The zero-order chi connectivity index (χ0) is 22.7. The summed E-state index contributed by atoms with van der Waals surface area (Å²) >= 11 is 0. The number of rotatable bonds is 6. The summed E-state index contributed by atoms with van der Waals surface area (Å²) in [6.45, 7) is 3.66. The summed E-state index contributed by atoms with van der Waals surface area (Å²) in [6.07, 6.45) is 1.63. The molecule has 4 aromatic rings. The van der Waals surface area contributed by atoms with E-state index in [9.17, 15) is 4.79 Å². The second-order valence-corrected chi connectivity index (χ2v) is 7.65. The quantitative estimate of drug-likeness (QED) is 0.335. The molecule has 32 heavy (non-hydrogen) atoms. The summed E-state index contributed by atoms with van der Waals surface area (Å²) in [5, 5.41) is 11.1. The van der Waals surface area contributed by atoms with Crippen LogP contribution in [0.15, 0.2) is 84.4 Å². The van der Waals surface area contributed by atoms with E-state index < -0.39 is 5.97 Å². The molecule has 1 N–H and O–H groups in total. The van der Waals surface area contributed by atoms with Crippen LogP contribution >= 0.6 is 0 Å². The zero-order valence-electron chi connectivity index (χ0n) is 18.3. The highest BCUT2D eigenvalue weighted by molar-refractivity contribution is 5.97. The first kappa shape index (κ1) is 21.2. The molecule has 0 spiro atoms. The minimum absolute atomic E-state index is 0.281. The van der Waals surface area contributed by atoms with Gasteiger partial charge in [-0.15, -0.1) is 0 Å². The van der Waals surface area contributed by atoms with Crippen molar-refractivity contribution >= 4 is 22.8 Å². The highest BCUT2D eigenvalue weighted by atomic mass is 16.5. The Morgan fingerprint density at radius 3 is 2.25 bits per heavy atom. The fraction of sp³-hybridized carbons (Fsp3) is 0.107. The Morgan fingerprint density at radius 2 is 1.59 bits per heavy atom. The molecule has 0 heterocycles. The van der Waals surface area contributed by atoms with Gasteiger partial charge in [-0.2, -0.15) is 0 Å². The topological polar surface area (TPSA) is 55.8 Å². The molecule has 0 saturated heterocycles. The van der Waals surface area contributed by atoms with E-state index >= 15 is 0 Å². The molecule has 0 aliphatic carbocycles. The number of fused-ring (bicyclic) bond motifs is 1. The molecule has 0 fully saturated rings. The monoisotopic (exact) mass is 424 g/mol. The van der Waals surface area contributed by atoms with E-state index in [-0.39, 0.29) is 5.57 Å². The van der Waals surface area contributed by atoms with E-state index in [0.717, 1.165) is 44.5 Å². The van der Waals surface area contributed by atoms with Crippen molar-refractivity contribution in [2.75, 3.05) is 7.11 Å². The predicted octanol–water partition coefficient (Wildman–Crippen LogP) is 7.10. The first-order chi connectivity index (χ1) is 15.5. The van der Waals surface area contributed by atoms with Crippen LogP contribution in [0.25, 0.3) is 28.0 Å². The first-order valence-electron chi connectivity index (χ1n) is 10.3. The lowest BCUT2D eigenvalue weighted by atomic mass is 9.94. The molecule has 0 saturated carbocycles. The van der Waals surface area contributed by atoms with Gasteiger partial charge in [-0.3, -0.25) is 0 Å². The summed E-state index contributed by atoms with van der Waals surface area (Å²) in [5.41, 5.74) is 4.30. The predicted molar refractivity (Wildman–Crippen MR) is 128 cm³/mol. The van der Waals surface area contributed by atoms with Gasteiger partial charge < -0.3 is 14.6 Å². The summed E-state index contributed by atoms with van der Waals surface area (Å²) in [5.74, 6) is 1.31. The van der Waals surface area contributed by atoms with Crippen molar-refractivity contribution in [2.45, 2.75) is 13.8 Å². The largest absolute Gasteiger partial charge is 0.497 e. The average Bonchev–Trinajstić information content (AvgIpc) is 2.80. The molecule has 0 aliphatic rings. The SMILES string of the molecule is COc1ccc2c(Oc3ccc(C=C(C)C(=O)O)cc3)c(-c3ccccc3)c(C)cc2c1. The van der Waals surface area contributed by atoms with Gasteiger partial charge in [-0.05, 0) is 72.3 Å². The van der Waals surface area contributed by atoms with Gasteiger partial charge >= 0.3 is 5.97 Å². The number of hydrogen-bond donors (Lipinski definition) is 1. The lowest BCUT2D eigenvalue weighted by Crippen LogP contribution is -1.96. The number of benzene rings is 4. The number of hydrogen-bond acceptors (Lipinski definition) is 3. The molecule has 0 amide bonds. The van der Waals surface area contributed by atoms with E-state index in [4.69, 9.17) is 14.6 Å². The zero-order valence-corrected chi connectivity index (χ0v) is 18.3. The van der Waals surface area contributed by atoms with Crippen LogP contribution in [-0.4, -0.2) is 18.2 Å². The molecule has 0 bridgehead atoms. The van der Waals surface area contributed by atoms with E-state index in [0.29, 0.717) is 5.75 Å². The van der Waals surface area contributed by atoms with Crippen LogP contribution in [0.4, 0.5) is 0 Å². The fourth-order valence-corrected chi connectivity index (χ4v) is 3.74. The number of carboxylic acids is 1. The van der Waals surface area contributed by atoms with Crippen molar-refractivity contribution in [1.29, 1.82) is 0 Å². The fourth-order valence-electron chi connectivity index (χ4n) is 3.74. The normalized spacial score (nSPS) is 11.4. The van der Waals surface area contributed by atoms with E-state index in [1.54, 1.807) is 20.1 Å². The van der Waals surface area contributed by atoms with Gasteiger partial charge in [0, 0.05) is 16.5 Å². The number of aliphatic carboxylic acids is 1. The van der Waals surface area contributed by atoms with Gasteiger partial charge in [0.25, 0.3) is 0 Å². The van der Waals surface area contributed by atoms with Crippen molar-refractivity contribution in [2.24, 2.45) is 0 Å². The Kier molecular flexibility index (Phi) is 5.95. The molecular formula is C28H24O4. The van der Waals surface area contributed by atoms with Crippen molar-refractivity contribution in [3.05, 3.63) is 95.6 Å². The second-order valence-electron chi connectivity index (χ2n) is 7.65. The number of methoxy groups -OCH3 is 1. The maximum absolute atomic E-state index is 11.1. The molecule has 0 aromatic heterocycles. The Labute approximate surface area is 187 Å². The number of aryl methyl sites for hydroxylation is 1. The van der Waals surface area contributed by atoms with Crippen molar-refractivity contribution in [3.8, 4) is 28.4 Å². The summed E-state index contributed by atoms with van der Waals surface area (Å²) in [4.78, 5) is 11.1. The lowest BCUT2D eigenvalue weighted by Gasteiger charge is -2.18. The van der Waals surface area contributed by atoms with Crippen LogP contribution in [0.1, 0.15) is 18.1 Å². The Bertz CT molecular complexity index is 1300. The van der Waals surface area contributed by atoms with Crippen molar-refractivity contribution in [1.82, 2.24) is 0 Å². The summed E-state index contributed by atoms with van der Waals surface area (Å²) < 4.78 is 11.9. The van der Waals surface area contributed by atoms with Crippen molar-refractivity contribution < 1.29 is 19.4 Å². The second kappa shape index (κ2) is 8.98. The van der Waals surface area contributed by atoms with E-state index in [2.05, 4.69) is 25.1 Å². The van der Waals surface area contributed by atoms with E-state index in [1.165, 1.54) is 0 Å². The van der Waals surface area contributed by atoms with E-state index in [1.807, 2.05) is 60.7 Å². The molecule has 160 valence electrons. The Balaban J connectivity index is 1.83. The van der Waals surface area contributed by atoms with Gasteiger partial charge in [0.1, 0.15) is 17.2 Å². The maximum Gasteiger partial charge on any atom is 0.331 e. The maximum atomic E-state index is 11.1. The van der Waals surface area contributed by atoms with Gasteiger partial charge in [0.15, 0.2) is 0 Å². The van der Waals surface area contributed by atoms with Crippen LogP contribution in [0.2, 0.25) is 0 Å². The average molecular weight is 424 g/mol. The van der Waals surface area contributed by atoms with Crippen molar-refractivity contribution in [3.63, 3.8) is 0 Å². The minimum Gasteiger partial charge on any atom is -0.497 e. The Hall–Kier alpha value is -4.05. The highest BCUT2D eigenvalue weighted by Gasteiger charge is 2.16. The van der Waals surface area contributed by atoms with Gasteiger partial charge in [-0.25, -0.2) is 4.79 Å². The van der Waals surface area contributed by atoms with Gasteiger partial charge in [-0.1, -0.05) is 48.5 Å². The molecule has 4 heteroatoms. The molecule has 4 nitrogen and oxygen atoms in total. The van der Waals surface area contributed by atoms with Gasteiger partial charge in [0.2, 0.25) is 0 Å². The smallest absolute Gasteiger partial charge is 0.331 e. The molecule has 0 atom stereocenters. The summed E-state index contributed by atoms with van der Waals surface area (Å²) in [7, 11) is 1.66. The van der Waals surface area contributed by atoms with Crippen LogP contribution < -0.4 is 9.47 Å². The molecule has 0 unspecified atom stereocenters. The molecule has 0 aliphatic heterocycles. The standard InChI is InChI=1S/C28H24O4/c1-18-16-22-17-24(31-3)13-14-25(22)27(26(18)21-7-5-4-6-8-21)32-23-11-9-20(10-12-23)15-19(2)28(29)30/h4-17H,1-3H3,(H,29,30). The van der Waals surface area contributed by atoms with Gasteiger partial charge in [0.05, 0.1) is 7.11 Å². The molecular weight excluding hydrogens is 400 g/mol. The third kappa shape index (κ3) is 4.35. The van der Waals surface area contributed by atoms with Crippen LogP contribution in [0.3, 0.4) is 0 Å². The number of carboxylic acid groups (broad SMARTS) is 1. The first-order valence-corrected chi connectivity index (χ1v) is 10.3. The minimum atomic E-state index is -0.931. The number of ether oxygens (including phenoxy) is 2. The lowest BCUT2D eigenvalue weighted by molar-refractivity contribution is -0.132. The number of carbonyl (C=O) groups is 1. The molecule has 4 rings (SSSR count). The summed E-state index contributed by atoms with van der Waals surface area (Å²) in [6, 6.07) is 25.7. The molecule has 0 radical (unpaired) electrons. The third-order valence-electron chi connectivity index (χ3n) is 5.38. The van der Waals surface area contributed by atoms with Crippen LogP contribution in [0.5, 0.6) is 17.2 Å². The van der Waals surface area contributed by atoms with Crippen LogP contribution in [-0.2, 0) is 4.79 Å². The molecule has 4 aromatic carbocycles. The third-order valence-corrected chi connectivity index (χ3v) is 5.38. The Morgan fingerprint density at radius 1 is 0.906 bits per heavy atom.